The lowest BCUT2D eigenvalue weighted by atomic mass is 10.1. The van der Waals surface area contributed by atoms with Crippen LogP contribution in [0.2, 0.25) is 0 Å². The number of alkyl halides is 3. The number of fused-ring (bicyclic) bond motifs is 3. The van der Waals surface area contributed by atoms with Gasteiger partial charge in [-0.25, -0.2) is 0 Å². The van der Waals surface area contributed by atoms with Gasteiger partial charge in [-0.3, -0.25) is 9.36 Å². The van der Waals surface area contributed by atoms with Gasteiger partial charge in [0.05, 0.1) is 22.2 Å². The van der Waals surface area contributed by atoms with Gasteiger partial charge in [0, 0.05) is 18.8 Å². The van der Waals surface area contributed by atoms with Gasteiger partial charge in [0.15, 0.2) is 0 Å². The maximum absolute atomic E-state index is 13.5. The fourth-order valence-corrected chi connectivity index (χ4v) is 4.34. The van der Waals surface area contributed by atoms with E-state index in [-0.39, 0.29) is 9.13 Å². The monoisotopic (exact) mass is 543 g/mol. The van der Waals surface area contributed by atoms with Gasteiger partial charge in [-0.05, 0) is 59.0 Å². The highest BCUT2D eigenvalue weighted by molar-refractivity contribution is 14.1. The van der Waals surface area contributed by atoms with E-state index in [2.05, 4.69) is 15.9 Å². The average Bonchev–Trinajstić information content (AvgIpc) is 2.94. The average molecular weight is 544 g/mol. The fraction of sp³-hybridized carbons (Fsp3) is 0.0500. The summed E-state index contributed by atoms with van der Waals surface area (Å²) in [5.41, 5.74) is -0.126. The molecule has 136 valence electrons. The molecule has 0 N–H and O–H groups in total. The molecule has 0 unspecified atom stereocenters. The Balaban J connectivity index is 2.08. The lowest BCUT2D eigenvalue weighted by molar-refractivity contribution is -0.138. The SMILES string of the molecule is O=C(c1c(I)cccc1C(F)(F)F)n1c2ccccc2c2cc(Br)ccc21. The molecule has 0 saturated carbocycles. The summed E-state index contributed by atoms with van der Waals surface area (Å²) >= 11 is 5.19. The Morgan fingerprint density at radius 1 is 0.926 bits per heavy atom. The Bertz CT molecular complexity index is 1210. The van der Waals surface area contributed by atoms with E-state index < -0.39 is 17.6 Å². The van der Waals surface area contributed by atoms with E-state index in [4.69, 9.17) is 0 Å². The van der Waals surface area contributed by atoms with Crippen molar-refractivity contribution in [1.29, 1.82) is 0 Å². The number of aromatic nitrogens is 1. The van der Waals surface area contributed by atoms with E-state index in [0.717, 1.165) is 21.3 Å². The lowest BCUT2D eigenvalue weighted by Gasteiger charge is -2.15. The van der Waals surface area contributed by atoms with E-state index >= 15 is 0 Å². The van der Waals surface area contributed by atoms with E-state index in [0.29, 0.717) is 11.0 Å². The van der Waals surface area contributed by atoms with Crippen molar-refractivity contribution in [2.24, 2.45) is 0 Å². The Morgan fingerprint density at radius 2 is 1.63 bits per heavy atom. The number of nitrogens with zero attached hydrogens (tertiary/aromatic N) is 1. The molecular weight excluding hydrogens is 534 g/mol. The van der Waals surface area contributed by atoms with Crippen molar-refractivity contribution in [2.75, 3.05) is 0 Å². The van der Waals surface area contributed by atoms with E-state index in [1.807, 2.05) is 18.2 Å². The van der Waals surface area contributed by atoms with Gasteiger partial charge in [-0.1, -0.05) is 40.2 Å². The molecule has 0 spiro atoms. The van der Waals surface area contributed by atoms with Crippen LogP contribution in [0.3, 0.4) is 0 Å². The van der Waals surface area contributed by atoms with Crippen molar-refractivity contribution >= 4 is 66.2 Å². The zero-order valence-corrected chi connectivity index (χ0v) is 17.3. The number of hydrogen-bond acceptors (Lipinski definition) is 1. The number of rotatable bonds is 1. The molecule has 2 nitrogen and oxygen atoms in total. The summed E-state index contributed by atoms with van der Waals surface area (Å²) in [7, 11) is 0. The Morgan fingerprint density at radius 3 is 2.37 bits per heavy atom. The van der Waals surface area contributed by atoms with Gasteiger partial charge in [-0.15, -0.1) is 0 Å². The van der Waals surface area contributed by atoms with Crippen LogP contribution in [0.5, 0.6) is 0 Å². The lowest BCUT2D eigenvalue weighted by Crippen LogP contribution is -2.20. The maximum Gasteiger partial charge on any atom is 0.417 e. The van der Waals surface area contributed by atoms with Crippen LogP contribution < -0.4 is 0 Å². The van der Waals surface area contributed by atoms with E-state index in [1.165, 1.54) is 16.7 Å². The number of carbonyl (C=O) groups excluding carboxylic acids is 1. The van der Waals surface area contributed by atoms with Crippen LogP contribution in [0.4, 0.5) is 13.2 Å². The van der Waals surface area contributed by atoms with Crippen LogP contribution in [0.15, 0.2) is 65.1 Å². The number of hydrogen-bond donors (Lipinski definition) is 0. The minimum Gasteiger partial charge on any atom is -0.276 e. The summed E-state index contributed by atoms with van der Waals surface area (Å²) in [4.78, 5) is 13.4. The first-order valence-electron chi connectivity index (χ1n) is 7.88. The minimum absolute atomic E-state index is 0.260. The molecule has 0 aliphatic rings. The Labute approximate surface area is 174 Å². The normalized spacial score (nSPS) is 12.0. The van der Waals surface area contributed by atoms with Crippen molar-refractivity contribution in [3.8, 4) is 0 Å². The molecular formula is C20H10BrF3INO. The summed E-state index contributed by atoms with van der Waals surface area (Å²) < 4.78 is 43.1. The first kappa shape index (κ1) is 18.5. The molecule has 0 fully saturated rings. The molecule has 1 aromatic heterocycles. The number of para-hydroxylation sites is 1. The van der Waals surface area contributed by atoms with Crippen LogP contribution in [-0.4, -0.2) is 10.5 Å². The third kappa shape index (κ3) is 3.06. The van der Waals surface area contributed by atoms with E-state index in [9.17, 15) is 18.0 Å². The van der Waals surface area contributed by atoms with Crippen molar-refractivity contribution in [3.05, 3.63) is 79.8 Å². The predicted molar refractivity (Wildman–Crippen MR) is 111 cm³/mol. The zero-order chi connectivity index (χ0) is 19.3. The molecule has 27 heavy (non-hydrogen) atoms. The van der Waals surface area contributed by atoms with Gasteiger partial charge < -0.3 is 0 Å². The second kappa shape index (κ2) is 6.63. The highest BCUT2D eigenvalue weighted by atomic mass is 127. The topological polar surface area (TPSA) is 22.0 Å². The van der Waals surface area contributed by atoms with Crippen LogP contribution in [-0.2, 0) is 6.18 Å². The van der Waals surface area contributed by atoms with Crippen LogP contribution in [0, 0.1) is 3.57 Å². The Hall–Kier alpha value is -1.87. The molecule has 0 saturated heterocycles. The first-order chi connectivity index (χ1) is 12.8. The molecule has 0 amide bonds. The summed E-state index contributed by atoms with van der Waals surface area (Å²) in [6, 6.07) is 16.3. The molecule has 7 heteroatoms. The number of carbonyl (C=O) groups is 1. The van der Waals surface area contributed by atoms with Gasteiger partial charge >= 0.3 is 6.18 Å². The smallest absolute Gasteiger partial charge is 0.276 e. The minimum atomic E-state index is -4.62. The van der Waals surface area contributed by atoms with Gasteiger partial charge in [-0.2, -0.15) is 13.2 Å². The van der Waals surface area contributed by atoms with Crippen molar-refractivity contribution in [3.63, 3.8) is 0 Å². The van der Waals surface area contributed by atoms with Crippen molar-refractivity contribution < 1.29 is 18.0 Å². The molecule has 0 bridgehead atoms. The molecule has 4 rings (SSSR count). The van der Waals surface area contributed by atoms with Gasteiger partial charge in [0.1, 0.15) is 0 Å². The van der Waals surface area contributed by atoms with Gasteiger partial charge in [0.25, 0.3) is 5.91 Å². The maximum atomic E-state index is 13.5. The van der Waals surface area contributed by atoms with Crippen LogP contribution in [0.25, 0.3) is 21.8 Å². The molecule has 4 aromatic rings. The molecule has 0 aliphatic carbocycles. The largest absolute Gasteiger partial charge is 0.417 e. The van der Waals surface area contributed by atoms with Crippen LogP contribution >= 0.6 is 38.5 Å². The first-order valence-corrected chi connectivity index (χ1v) is 9.75. The summed E-state index contributed by atoms with van der Waals surface area (Å²) in [6.07, 6.45) is -4.62. The highest BCUT2D eigenvalue weighted by Gasteiger charge is 2.37. The molecule has 0 aliphatic heterocycles. The van der Waals surface area contributed by atoms with Crippen LogP contribution in [0.1, 0.15) is 15.9 Å². The third-order valence-electron chi connectivity index (χ3n) is 4.37. The summed E-state index contributed by atoms with van der Waals surface area (Å²) in [5, 5.41) is 1.61. The summed E-state index contributed by atoms with van der Waals surface area (Å²) in [5.74, 6) is -0.694. The molecule has 3 aromatic carbocycles. The van der Waals surface area contributed by atoms with E-state index in [1.54, 1.807) is 46.9 Å². The summed E-state index contributed by atoms with van der Waals surface area (Å²) in [6.45, 7) is 0. The quantitative estimate of drug-likeness (QED) is 0.240. The highest BCUT2D eigenvalue weighted by Crippen LogP contribution is 2.37. The number of benzene rings is 3. The number of halogens is 5. The van der Waals surface area contributed by atoms with Gasteiger partial charge in [0.2, 0.25) is 0 Å². The van der Waals surface area contributed by atoms with Crippen molar-refractivity contribution in [1.82, 2.24) is 4.57 Å². The predicted octanol–water partition coefficient (Wildman–Crippen LogP) is 6.87. The Kier molecular flexibility index (Phi) is 4.54. The third-order valence-corrected chi connectivity index (χ3v) is 5.76. The second-order valence-corrected chi connectivity index (χ2v) is 8.06. The fourth-order valence-electron chi connectivity index (χ4n) is 3.25. The molecule has 0 radical (unpaired) electrons. The standard InChI is InChI=1S/C20H10BrF3INO/c21-11-8-9-17-13(10-11)12-4-1-2-7-16(12)26(17)19(27)18-14(20(22,23)24)5-3-6-15(18)25/h1-10H. The van der Waals surface area contributed by atoms with Crippen molar-refractivity contribution in [2.45, 2.75) is 6.18 Å². The second-order valence-electron chi connectivity index (χ2n) is 5.98. The molecule has 1 heterocycles. The zero-order valence-electron chi connectivity index (χ0n) is 13.5. The molecule has 0 atom stereocenters.